The molecule has 0 amide bonds. The fraction of sp³-hybridized carbons (Fsp3) is 0.267. The van der Waals surface area contributed by atoms with Crippen molar-refractivity contribution in [3.8, 4) is 0 Å². The summed E-state index contributed by atoms with van der Waals surface area (Å²) in [5.41, 5.74) is 1.76. The minimum absolute atomic E-state index is 0.168. The van der Waals surface area contributed by atoms with Crippen LogP contribution < -0.4 is 10.6 Å². The molecule has 44 heavy (non-hydrogen) atoms. The van der Waals surface area contributed by atoms with Gasteiger partial charge in [0.25, 0.3) is 0 Å². The molecule has 0 radical (unpaired) electrons. The number of benzene rings is 2. The summed E-state index contributed by atoms with van der Waals surface area (Å²) in [6.45, 7) is -2.69. The molecule has 0 unspecified atom stereocenters. The standard InChI is InChI=1S/2C15H17NO4.2O.2V/c2*17-8-15(9-18,10-19)16-7-13-12-4-2-1-3-11(12)5-6-14(13)20;;;;/h2*1-7,16-19H,8-10H2;;;;. The molecule has 0 bridgehead atoms. The van der Waals surface area contributed by atoms with Crippen LogP contribution in [0.15, 0.2) is 73.1 Å². The Morgan fingerprint density at radius 1 is 0.523 bits per heavy atom. The molecule has 2 aromatic carbocycles. The van der Waals surface area contributed by atoms with Gasteiger partial charge in [-0.25, -0.2) is 0 Å². The topological polar surface area (TPSA) is 214 Å². The second-order valence-electron chi connectivity index (χ2n) is 9.48. The van der Waals surface area contributed by atoms with Gasteiger partial charge in [0.05, 0.1) is 39.6 Å². The van der Waals surface area contributed by atoms with Gasteiger partial charge in [0, 0.05) is 23.5 Å². The first-order chi connectivity index (χ1) is 21.3. The van der Waals surface area contributed by atoms with Gasteiger partial charge in [-0.3, -0.25) is 9.59 Å². The molecule has 0 spiro atoms. The zero-order valence-corrected chi connectivity index (χ0v) is 26.3. The van der Waals surface area contributed by atoms with Crippen LogP contribution in [0.2, 0.25) is 0 Å². The summed E-state index contributed by atoms with van der Waals surface area (Å²) >= 11 is 2.12. The Balaban J connectivity index is 0.000000395. The van der Waals surface area contributed by atoms with Gasteiger partial charge in [-0.2, -0.15) is 0 Å². The number of hydrogen-bond acceptors (Lipinski definition) is 12. The van der Waals surface area contributed by atoms with Crippen molar-refractivity contribution in [1.82, 2.24) is 10.6 Å². The molecule has 12 nitrogen and oxygen atoms in total. The van der Waals surface area contributed by atoms with Crippen LogP contribution in [-0.2, 0) is 51.7 Å². The van der Waals surface area contributed by atoms with Crippen LogP contribution in [-0.4, -0.2) is 92.9 Å². The van der Waals surface area contributed by atoms with E-state index in [-0.39, 0.29) is 11.6 Å². The number of nitrogens with one attached hydrogen (secondary N) is 2. The van der Waals surface area contributed by atoms with Crippen LogP contribution in [0, 0.1) is 0 Å². The van der Waals surface area contributed by atoms with E-state index in [0.717, 1.165) is 57.0 Å². The number of rotatable bonds is 10. The zero-order chi connectivity index (χ0) is 33.2. The van der Waals surface area contributed by atoms with Crippen LogP contribution >= 0.6 is 0 Å². The second kappa shape index (κ2) is 20.0. The Labute approximate surface area is 272 Å². The molecular weight excluding hydrogens is 650 g/mol. The molecule has 8 N–H and O–H groups in total. The SMILES string of the molecule is O=C1C=Cc2ccccc2C1=CNC(CO)(CO)CO.O=C1C=Cc2ccccc2C1=CNC(CO)(CO)CO.[O]=[V].[O]=[V]. The molecule has 0 saturated carbocycles. The zero-order valence-electron chi connectivity index (χ0n) is 23.5. The van der Waals surface area contributed by atoms with Crippen molar-refractivity contribution in [3.05, 3.63) is 95.3 Å². The van der Waals surface area contributed by atoms with E-state index in [9.17, 15) is 40.2 Å². The molecular formula is C30H34N2O10V2. The van der Waals surface area contributed by atoms with E-state index in [4.69, 9.17) is 7.35 Å². The third-order valence-corrected chi connectivity index (χ3v) is 6.72. The molecule has 0 saturated heterocycles. The van der Waals surface area contributed by atoms with E-state index in [1.54, 1.807) is 12.2 Å². The van der Waals surface area contributed by atoms with Crippen LogP contribution in [0.4, 0.5) is 0 Å². The Morgan fingerprint density at radius 2 is 0.818 bits per heavy atom. The third-order valence-electron chi connectivity index (χ3n) is 6.72. The predicted molar refractivity (Wildman–Crippen MR) is 153 cm³/mol. The van der Waals surface area contributed by atoms with Gasteiger partial charge >= 0.3 is 42.1 Å². The molecule has 0 heterocycles. The number of fused-ring (bicyclic) bond motifs is 2. The van der Waals surface area contributed by atoms with Crippen LogP contribution in [0.3, 0.4) is 0 Å². The monoisotopic (exact) mass is 684 g/mol. The summed E-state index contributed by atoms with van der Waals surface area (Å²) < 4.78 is 16.4. The Hall–Kier alpha value is -3.13. The summed E-state index contributed by atoms with van der Waals surface area (Å²) in [7, 11) is 0. The minimum atomic E-state index is -1.25. The Kier molecular flexibility index (Phi) is 17.7. The first-order valence-electron chi connectivity index (χ1n) is 12.9. The summed E-state index contributed by atoms with van der Waals surface area (Å²) in [4.78, 5) is 23.9. The second-order valence-corrected chi connectivity index (χ2v) is 9.48. The van der Waals surface area contributed by atoms with Crippen molar-refractivity contribution in [2.75, 3.05) is 39.6 Å². The van der Waals surface area contributed by atoms with Gasteiger partial charge < -0.3 is 41.3 Å². The molecule has 0 fully saturated rings. The molecule has 0 aromatic heterocycles. The fourth-order valence-electron chi connectivity index (χ4n) is 3.87. The molecule has 0 atom stereocenters. The van der Waals surface area contributed by atoms with Crippen molar-refractivity contribution < 1.29 is 82.3 Å². The summed E-state index contributed by atoms with van der Waals surface area (Å²) in [6.07, 6.45) is 9.29. The van der Waals surface area contributed by atoms with E-state index in [2.05, 4.69) is 10.6 Å². The van der Waals surface area contributed by atoms with E-state index in [1.807, 2.05) is 48.5 Å². The number of carbonyl (C=O) groups excluding carboxylic acids is 2. The number of aliphatic hydroxyl groups excluding tert-OH is 6. The first-order valence-corrected chi connectivity index (χ1v) is 14.1. The number of ketones is 2. The van der Waals surface area contributed by atoms with Crippen molar-refractivity contribution >= 4 is 34.9 Å². The van der Waals surface area contributed by atoms with E-state index >= 15 is 0 Å². The molecule has 14 heteroatoms. The van der Waals surface area contributed by atoms with Crippen molar-refractivity contribution in [2.45, 2.75) is 11.1 Å². The van der Waals surface area contributed by atoms with Gasteiger partial charge in [0.1, 0.15) is 11.1 Å². The fourth-order valence-corrected chi connectivity index (χ4v) is 3.87. The van der Waals surface area contributed by atoms with E-state index in [1.165, 1.54) is 24.6 Å². The average Bonchev–Trinajstić information content (AvgIpc) is 3.10. The van der Waals surface area contributed by atoms with Crippen molar-refractivity contribution in [1.29, 1.82) is 0 Å². The molecule has 2 aliphatic rings. The van der Waals surface area contributed by atoms with Crippen LogP contribution in [0.5, 0.6) is 0 Å². The maximum atomic E-state index is 12.0. The number of hydrogen-bond donors (Lipinski definition) is 8. The van der Waals surface area contributed by atoms with Crippen molar-refractivity contribution in [3.63, 3.8) is 0 Å². The van der Waals surface area contributed by atoms with Gasteiger partial charge in [-0.05, 0) is 34.4 Å². The Morgan fingerprint density at radius 3 is 1.11 bits per heavy atom. The summed E-state index contributed by atoms with van der Waals surface area (Å²) in [5.74, 6) is -0.335. The summed E-state index contributed by atoms with van der Waals surface area (Å²) in [6, 6.07) is 14.8. The average molecular weight is 684 g/mol. The van der Waals surface area contributed by atoms with Gasteiger partial charge in [0.15, 0.2) is 11.6 Å². The third kappa shape index (κ3) is 9.94. The molecule has 2 aromatic rings. The maximum absolute atomic E-state index is 12.0. The van der Waals surface area contributed by atoms with Gasteiger partial charge in [0.2, 0.25) is 0 Å². The van der Waals surface area contributed by atoms with E-state index in [0.29, 0.717) is 11.1 Å². The van der Waals surface area contributed by atoms with Crippen molar-refractivity contribution in [2.24, 2.45) is 0 Å². The quantitative estimate of drug-likeness (QED) is 0.151. The molecule has 234 valence electrons. The van der Waals surface area contributed by atoms with Crippen LogP contribution in [0.1, 0.15) is 22.3 Å². The van der Waals surface area contributed by atoms with Gasteiger partial charge in [-0.1, -0.05) is 60.7 Å². The molecule has 2 aliphatic carbocycles. The number of allylic oxidation sites excluding steroid dienone is 4. The van der Waals surface area contributed by atoms with Gasteiger partial charge in [-0.15, -0.1) is 0 Å². The normalized spacial score (nSPS) is 15.0. The van der Waals surface area contributed by atoms with E-state index < -0.39 is 50.7 Å². The first kappa shape index (κ1) is 38.9. The molecule has 0 aliphatic heterocycles. The summed E-state index contributed by atoms with van der Waals surface area (Å²) in [5, 5.41) is 61.1. The predicted octanol–water partition coefficient (Wildman–Crippen LogP) is -0.385. The Bertz CT molecular complexity index is 1250. The molecule has 4 rings (SSSR count). The number of aliphatic hydroxyl groups is 6. The number of carbonyl (C=O) groups is 2. The van der Waals surface area contributed by atoms with Crippen LogP contribution in [0.25, 0.3) is 23.3 Å².